The highest BCUT2D eigenvalue weighted by molar-refractivity contribution is 6.51. The van der Waals surface area contributed by atoms with Crippen LogP contribution >= 0.6 is 0 Å². The van der Waals surface area contributed by atoms with Gasteiger partial charge in [-0.2, -0.15) is 0 Å². The van der Waals surface area contributed by atoms with Gasteiger partial charge in [0.05, 0.1) is 18.7 Å². The standard InChI is InChI=1S/C28H25NO4/c1-33-23-13-7-12-22(17-23)29-25(19-9-3-2-4-10-19)24(27(31)28(29)32)26(30)21-15-14-18-8-5-6-11-20(18)16-21/h2-4,7,9-10,12-17,25,30H,5-6,8,11H2,1H3/b26-24-. The van der Waals surface area contributed by atoms with E-state index in [1.54, 1.807) is 31.4 Å². The number of aliphatic hydroxyl groups excluding tert-OH is 1. The summed E-state index contributed by atoms with van der Waals surface area (Å²) >= 11 is 0. The molecule has 5 rings (SSSR count). The van der Waals surface area contributed by atoms with E-state index in [4.69, 9.17) is 4.74 Å². The van der Waals surface area contributed by atoms with E-state index in [9.17, 15) is 14.7 Å². The Labute approximate surface area is 192 Å². The lowest BCUT2D eigenvalue weighted by Crippen LogP contribution is -2.29. The van der Waals surface area contributed by atoms with Crippen LogP contribution in [0, 0.1) is 0 Å². The van der Waals surface area contributed by atoms with Gasteiger partial charge in [0, 0.05) is 17.3 Å². The van der Waals surface area contributed by atoms with E-state index in [0.717, 1.165) is 31.2 Å². The number of aryl methyl sites for hydroxylation is 2. The lowest BCUT2D eigenvalue weighted by Gasteiger charge is -2.26. The number of methoxy groups -OCH3 is 1. The third kappa shape index (κ3) is 3.69. The molecule has 1 aliphatic carbocycles. The minimum Gasteiger partial charge on any atom is -0.507 e. The van der Waals surface area contributed by atoms with Gasteiger partial charge in [0.1, 0.15) is 11.5 Å². The van der Waals surface area contributed by atoms with Gasteiger partial charge in [0.15, 0.2) is 0 Å². The normalized spacial score (nSPS) is 19.4. The number of Topliss-reactive ketones (excluding diaryl/α,β-unsaturated/α-hetero) is 1. The van der Waals surface area contributed by atoms with Crippen molar-refractivity contribution in [3.63, 3.8) is 0 Å². The van der Waals surface area contributed by atoms with Crippen molar-refractivity contribution in [2.75, 3.05) is 12.0 Å². The average Bonchev–Trinajstić information content (AvgIpc) is 3.14. The second-order valence-corrected chi connectivity index (χ2v) is 8.47. The second-order valence-electron chi connectivity index (χ2n) is 8.47. The number of fused-ring (bicyclic) bond motifs is 1. The molecule has 3 aromatic rings. The predicted octanol–water partition coefficient (Wildman–Crippen LogP) is 5.20. The van der Waals surface area contributed by atoms with Crippen LogP contribution in [0.2, 0.25) is 0 Å². The van der Waals surface area contributed by atoms with Crippen molar-refractivity contribution in [2.24, 2.45) is 0 Å². The van der Waals surface area contributed by atoms with Crippen LogP contribution in [0.5, 0.6) is 5.75 Å². The molecule has 1 N–H and O–H groups in total. The molecule has 1 aliphatic heterocycles. The summed E-state index contributed by atoms with van der Waals surface area (Å²) in [5.41, 5.74) is 4.44. The molecule has 1 fully saturated rings. The van der Waals surface area contributed by atoms with Crippen molar-refractivity contribution >= 4 is 23.1 Å². The molecule has 1 amide bonds. The Hall–Kier alpha value is -3.86. The van der Waals surface area contributed by atoms with Crippen LogP contribution in [0.25, 0.3) is 5.76 Å². The van der Waals surface area contributed by atoms with Gasteiger partial charge in [0.2, 0.25) is 0 Å². The third-order valence-electron chi connectivity index (χ3n) is 6.51. The van der Waals surface area contributed by atoms with Gasteiger partial charge in [-0.15, -0.1) is 0 Å². The fourth-order valence-corrected chi connectivity index (χ4v) is 4.85. The van der Waals surface area contributed by atoms with Gasteiger partial charge in [-0.1, -0.05) is 48.5 Å². The molecular formula is C28H25NO4. The molecule has 2 aliphatic rings. The van der Waals surface area contributed by atoms with Crippen molar-refractivity contribution in [3.05, 3.63) is 101 Å². The highest BCUT2D eigenvalue weighted by atomic mass is 16.5. The summed E-state index contributed by atoms with van der Waals surface area (Å²) in [4.78, 5) is 28.0. The first-order valence-corrected chi connectivity index (χ1v) is 11.2. The van der Waals surface area contributed by atoms with E-state index in [2.05, 4.69) is 0 Å². The van der Waals surface area contributed by atoms with E-state index in [1.807, 2.05) is 48.5 Å². The zero-order chi connectivity index (χ0) is 22.9. The van der Waals surface area contributed by atoms with Crippen LogP contribution in [-0.2, 0) is 22.4 Å². The fourth-order valence-electron chi connectivity index (χ4n) is 4.85. The maximum Gasteiger partial charge on any atom is 0.300 e. The molecule has 0 aromatic heterocycles. The molecule has 5 nitrogen and oxygen atoms in total. The van der Waals surface area contributed by atoms with Crippen LogP contribution in [0.4, 0.5) is 5.69 Å². The van der Waals surface area contributed by atoms with Gasteiger partial charge >= 0.3 is 0 Å². The van der Waals surface area contributed by atoms with Crippen molar-refractivity contribution in [3.8, 4) is 5.75 Å². The number of carbonyl (C=O) groups excluding carboxylic acids is 2. The van der Waals surface area contributed by atoms with E-state index in [1.165, 1.54) is 16.0 Å². The Morgan fingerprint density at radius 1 is 0.909 bits per heavy atom. The molecule has 0 spiro atoms. The van der Waals surface area contributed by atoms with Gasteiger partial charge in [0.25, 0.3) is 11.7 Å². The third-order valence-corrected chi connectivity index (χ3v) is 6.51. The van der Waals surface area contributed by atoms with Crippen molar-refractivity contribution in [1.82, 2.24) is 0 Å². The number of carbonyl (C=O) groups is 2. The van der Waals surface area contributed by atoms with Crippen molar-refractivity contribution in [2.45, 2.75) is 31.7 Å². The molecule has 0 radical (unpaired) electrons. The van der Waals surface area contributed by atoms with Gasteiger partial charge < -0.3 is 9.84 Å². The molecule has 5 heteroatoms. The Bertz CT molecular complexity index is 1260. The molecule has 3 aromatic carbocycles. The summed E-state index contributed by atoms with van der Waals surface area (Å²) in [6.45, 7) is 0. The summed E-state index contributed by atoms with van der Waals surface area (Å²) in [6.07, 6.45) is 4.26. The van der Waals surface area contributed by atoms with Crippen molar-refractivity contribution < 1.29 is 19.4 Å². The van der Waals surface area contributed by atoms with Crippen LogP contribution in [-0.4, -0.2) is 23.9 Å². The predicted molar refractivity (Wildman–Crippen MR) is 127 cm³/mol. The molecule has 166 valence electrons. The van der Waals surface area contributed by atoms with Gasteiger partial charge in [-0.05, 0) is 60.6 Å². The SMILES string of the molecule is COc1cccc(N2C(=O)C(=O)/C(=C(\O)c3ccc4c(c3)CCCC4)C2c2ccccc2)c1. The summed E-state index contributed by atoms with van der Waals surface area (Å²) < 4.78 is 5.33. The summed E-state index contributed by atoms with van der Waals surface area (Å²) in [6, 6.07) is 21.5. The first-order valence-electron chi connectivity index (χ1n) is 11.2. The Morgan fingerprint density at radius 2 is 1.67 bits per heavy atom. The largest absolute Gasteiger partial charge is 0.507 e. The number of amides is 1. The number of rotatable bonds is 4. The molecule has 0 saturated carbocycles. The zero-order valence-electron chi connectivity index (χ0n) is 18.5. The maximum atomic E-state index is 13.3. The van der Waals surface area contributed by atoms with Crippen LogP contribution < -0.4 is 9.64 Å². The molecule has 0 bridgehead atoms. The molecule has 1 saturated heterocycles. The number of hydrogen-bond acceptors (Lipinski definition) is 4. The Morgan fingerprint density at radius 3 is 2.42 bits per heavy atom. The number of benzene rings is 3. The highest BCUT2D eigenvalue weighted by Crippen LogP contribution is 2.43. The first kappa shape index (κ1) is 21.0. The summed E-state index contributed by atoms with van der Waals surface area (Å²) in [7, 11) is 1.55. The van der Waals surface area contributed by atoms with E-state index < -0.39 is 17.7 Å². The Kier molecular flexibility index (Phi) is 5.47. The van der Waals surface area contributed by atoms with Crippen LogP contribution in [0.3, 0.4) is 0 Å². The van der Waals surface area contributed by atoms with Gasteiger partial charge in [-0.25, -0.2) is 0 Å². The van der Waals surface area contributed by atoms with Crippen molar-refractivity contribution in [1.29, 1.82) is 0 Å². The quantitative estimate of drug-likeness (QED) is 0.345. The molecule has 33 heavy (non-hydrogen) atoms. The lowest BCUT2D eigenvalue weighted by molar-refractivity contribution is -0.132. The average molecular weight is 440 g/mol. The van der Waals surface area contributed by atoms with Crippen LogP contribution in [0.15, 0.2) is 78.4 Å². The number of aliphatic hydroxyl groups is 1. The topological polar surface area (TPSA) is 66.8 Å². The number of ether oxygens (including phenoxy) is 1. The molecule has 1 atom stereocenters. The minimum atomic E-state index is -0.741. The fraction of sp³-hybridized carbons (Fsp3) is 0.214. The van der Waals surface area contributed by atoms with Crippen LogP contribution in [0.1, 0.15) is 41.1 Å². The molecule has 1 unspecified atom stereocenters. The first-order chi connectivity index (χ1) is 16.1. The molecular weight excluding hydrogens is 414 g/mol. The lowest BCUT2D eigenvalue weighted by atomic mass is 9.88. The summed E-state index contributed by atoms with van der Waals surface area (Å²) in [5, 5.41) is 11.4. The van der Waals surface area contributed by atoms with E-state index >= 15 is 0 Å². The minimum absolute atomic E-state index is 0.102. The van der Waals surface area contributed by atoms with E-state index in [0.29, 0.717) is 17.0 Å². The smallest absolute Gasteiger partial charge is 0.300 e. The highest BCUT2D eigenvalue weighted by Gasteiger charge is 2.47. The maximum absolute atomic E-state index is 13.3. The number of nitrogens with zero attached hydrogens (tertiary/aromatic N) is 1. The summed E-state index contributed by atoms with van der Waals surface area (Å²) in [5.74, 6) is -0.921. The Balaban J connectivity index is 1.68. The zero-order valence-corrected chi connectivity index (χ0v) is 18.5. The number of hydrogen-bond donors (Lipinski definition) is 1. The number of anilines is 1. The van der Waals surface area contributed by atoms with Gasteiger partial charge in [-0.3, -0.25) is 14.5 Å². The van der Waals surface area contributed by atoms with E-state index in [-0.39, 0.29) is 11.3 Å². The number of ketones is 1. The monoisotopic (exact) mass is 439 g/mol. The second kappa shape index (κ2) is 8.58. The molecule has 1 heterocycles.